The standard InChI is InChI=1S/C22H26N2O3/c1-22(2)15-9-8-14(18(22)12-15)10-11-27-20(25)13-19-16-6-4-5-7-17(16)21(26)24(3)23-19/h4-8,15,18H,9-13H2,1-3H3/t15-,18-/m0/s1. The quantitative estimate of drug-likeness (QED) is 0.601. The molecule has 5 heteroatoms. The number of nitrogens with zero attached hydrogens (tertiary/aromatic N) is 2. The molecule has 2 aromatic rings. The molecule has 0 N–H and O–H groups in total. The molecular formula is C22H26N2O3. The summed E-state index contributed by atoms with van der Waals surface area (Å²) in [6.07, 6.45) is 5.67. The van der Waals surface area contributed by atoms with Crippen LogP contribution in [-0.4, -0.2) is 22.4 Å². The second-order valence-electron chi connectivity index (χ2n) is 8.39. The maximum atomic E-state index is 12.3. The Bertz CT molecular complexity index is 987. The van der Waals surface area contributed by atoms with Gasteiger partial charge in [-0.05, 0) is 36.2 Å². The highest BCUT2D eigenvalue weighted by atomic mass is 16.5. The highest BCUT2D eigenvalue weighted by molar-refractivity contribution is 5.86. The van der Waals surface area contributed by atoms with Gasteiger partial charge in [0.2, 0.25) is 0 Å². The van der Waals surface area contributed by atoms with Crippen LogP contribution in [0.15, 0.2) is 40.7 Å². The summed E-state index contributed by atoms with van der Waals surface area (Å²) < 4.78 is 6.78. The Kier molecular flexibility index (Phi) is 4.41. The van der Waals surface area contributed by atoms with Crippen molar-refractivity contribution in [1.29, 1.82) is 0 Å². The lowest BCUT2D eigenvalue weighted by Gasteiger charge is -2.56. The average molecular weight is 366 g/mol. The van der Waals surface area contributed by atoms with E-state index >= 15 is 0 Å². The van der Waals surface area contributed by atoms with Crippen molar-refractivity contribution in [3.8, 4) is 0 Å². The zero-order valence-electron chi connectivity index (χ0n) is 16.2. The number of fused-ring (bicyclic) bond motifs is 2. The van der Waals surface area contributed by atoms with E-state index in [2.05, 4.69) is 25.0 Å². The molecule has 1 heterocycles. The number of esters is 1. The zero-order chi connectivity index (χ0) is 19.2. The summed E-state index contributed by atoms with van der Waals surface area (Å²) >= 11 is 0. The molecule has 0 amide bonds. The van der Waals surface area contributed by atoms with Gasteiger partial charge < -0.3 is 4.74 Å². The molecule has 0 radical (unpaired) electrons. The van der Waals surface area contributed by atoms with Gasteiger partial charge in [0.1, 0.15) is 0 Å². The number of benzene rings is 1. The van der Waals surface area contributed by atoms with Crippen LogP contribution in [-0.2, 0) is 23.0 Å². The van der Waals surface area contributed by atoms with Crippen LogP contribution in [0.3, 0.4) is 0 Å². The number of hydrogen-bond donors (Lipinski definition) is 0. The third kappa shape index (κ3) is 3.09. The lowest BCUT2D eigenvalue weighted by Crippen LogP contribution is -2.48. The molecule has 0 aliphatic heterocycles. The molecule has 27 heavy (non-hydrogen) atoms. The number of ether oxygens (including phenoxy) is 1. The molecule has 2 bridgehead atoms. The Labute approximate surface area is 159 Å². The van der Waals surface area contributed by atoms with Crippen LogP contribution < -0.4 is 5.56 Å². The Balaban J connectivity index is 1.39. The number of carbonyl (C=O) groups excluding carboxylic acids is 1. The van der Waals surface area contributed by atoms with E-state index in [4.69, 9.17) is 4.74 Å². The van der Waals surface area contributed by atoms with Crippen LogP contribution in [0, 0.1) is 17.3 Å². The lowest BCUT2D eigenvalue weighted by atomic mass is 9.48. The molecule has 0 spiro atoms. The fourth-order valence-electron chi connectivity index (χ4n) is 4.73. The summed E-state index contributed by atoms with van der Waals surface area (Å²) in [5, 5.41) is 5.56. The summed E-state index contributed by atoms with van der Waals surface area (Å²) in [6.45, 7) is 5.11. The van der Waals surface area contributed by atoms with Crippen LogP contribution in [0.4, 0.5) is 0 Å². The number of hydrogen-bond acceptors (Lipinski definition) is 4. The molecule has 1 aromatic carbocycles. The number of allylic oxidation sites excluding steroid dienone is 1. The maximum Gasteiger partial charge on any atom is 0.311 e. The molecule has 0 unspecified atom stereocenters. The van der Waals surface area contributed by atoms with Crippen molar-refractivity contribution >= 4 is 16.7 Å². The van der Waals surface area contributed by atoms with Crippen molar-refractivity contribution in [3.05, 3.63) is 52.0 Å². The Morgan fingerprint density at radius 3 is 2.74 bits per heavy atom. The number of aryl methyl sites for hydroxylation is 1. The minimum Gasteiger partial charge on any atom is -0.465 e. The van der Waals surface area contributed by atoms with Crippen LogP contribution in [0.2, 0.25) is 0 Å². The van der Waals surface area contributed by atoms with Gasteiger partial charge in [-0.2, -0.15) is 5.10 Å². The molecule has 0 saturated heterocycles. The van der Waals surface area contributed by atoms with Crippen LogP contribution in [0.5, 0.6) is 0 Å². The topological polar surface area (TPSA) is 61.2 Å². The number of aromatic nitrogens is 2. The van der Waals surface area contributed by atoms with Gasteiger partial charge in [-0.3, -0.25) is 9.59 Å². The van der Waals surface area contributed by atoms with Gasteiger partial charge in [0.25, 0.3) is 5.56 Å². The molecular weight excluding hydrogens is 340 g/mol. The summed E-state index contributed by atoms with van der Waals surface area (Å²) in [5.74, 6) is 1.16. The first kappa shape index (κ1) is 18.0. The Hall–Kier alpha value is -2.43. The van der Waals surface area contributed by atoms with E-state index in [1.807, 2.05) is 18.2 Å². The molecule has 142 valence electrons. The molecule has 3 aliphatic carbocycles. The monoisotopic (exact) mass is 366 g/mol. The fraction of sp³-hybridized carbons (Fsp3) is 0.500. The highest BCUT2D eigenvalue weighted by Gasteiger charge is 2.50. The molecule has 1 saturated carbocycles. The highest BCUT2D eigenvalue weighted by Crippen LogP contribution is 2.59. The van der Waals surface area contributed by atoms with Crippen molar-refractivity contribution in [2.45, 2.75) is 39.5 Å². The van der Waals surface area contributed by atoms with Gasteiger partial charge in [-0.15, -0.1) is 0 Å². The van der Waals surface area contributed by atoms with Crippen LogP contribution in [0.1, 0.15) is 38.8 Å². The number of rotatable bonds is 5. The molecule has 3 aliphatic rings. The predicted molar refractivity (Wildman–Crippen MR) is 104 cm³/mol. The third-order valence-electron chi connectivity index (χ3n) is 6.58. The normalized spacial score (nSPS) is 22.9. The summed E-state index contributed by atoms with van der Waals surface area (Å²) in [4.78, 5) is 24.5. The largest absolute Gasteiger partial charge is 0.465 e. The van der Waals surface area contributed by atoms with E-state index in [-0.39, 0.29) is 17.9 Å². The van der Waals surface area contributed by atoms with E-state index in [1.165, 1.54) is 16.7 Å². The van der Waals surface area contributed by atoms with Crippen molar-refractivity contribution in [2.75, 3.05) is 6.61 Å². The van der Waals surface area contributed by atoms with E-state index < -0.39 is 0 Å². The Morgan fingerprint density at radius 2 is 2.04 bits per heavy atom. The van der Waals surface area contributed by atoms with Gasteiger partial charge in [0, 0.05) is 18.9 Å². The van der Waals surface area contributed by atoms with Crippen molar-refractivity contribution in [2.24, 2.45) is 24.3 Å². The molecule has 1 fully saturated rings. The second-order valence-corrected chi connectivity index (χ2v) is 8.39. The second kappa shape index (κ2) is 6.63. The van der Waals surface area contributed by atoms with Crippen molar-refractivity contribution in [3.63, 3.8) is 0 Å². The number of carbonyl (C=O) groups is 1. The van der Waals surface area contributed by atoms with Crippen molar-refractivity contribution < 1.29 is 9.53 Å². The first-order valence-corrected chi connectivity index (χ1v) is 9.67. The van der Waals surface area contributed by atoms with Gasteiger partial charge in [0.15, 0.2) is 0 Å². The third-order valence-corrected chi connectivity index (χ3v) is 6.58. The minimum atomic E-state index is -0.298. The van der Waals surface area contributed by atoms with Gasteiger partial charge in [-0.1, -0.05) is 43.7 Å². The first-order chi connectivity index (χ1) is 12.9. The SMILES string of the molecule is Cn1nc(CC(=O)OCCC2=CC[C@H]3C[C@@H]2C3(C)C)c2ccccc2c1=O. The van der Waals surface area contributed by atoms with Crippen LogP contribution in [0.25, 0.3) is 10.8 Å². The Morgan fingerprint density at radius 1 is 1.30 bits per heavy atom. The summed E-state index contributed by atoms with van der Waals surface area (Å²) in [7, 11) is 1.60. The summed E-state index contributed by atoms with van der Waals surface area (Å²) in [5.41, 5.74) is 2.26. The molecule has 2 atom stereocenters. The predicted octanol–water partition coefficient (Wildman–Crippen LogP) is 3.40. The minimum absolute atomic E-state index is 0.0741. The molecule has 5 rings (SSSR count). The molecule has 1 aromatic heterocycles. The van der Waals surface area contributed by atoms with Gasteiger partial charge in [0.05, 0.1) is 24.1 Å². The lowest BCUT2D eigenvalue weighted by molar-refractivity contribution is -0.142. The maximum absolute atomic E-state index is 12.3. The zero-order valence-corrected chi connectivity index (χ0v) is 16.2. The van der Waals surface area contributed by atoms with E-state index in [1.54, 1.807) is 13.1 Å². The summed E-state index contributed by atoms with van der Waals surface area (Å²) in [6, 6.07) is 7.25. The fourth-order valence-corrected chi connectivity index (χ4v) is 4.73. The van der Waals surface area contributed by atoms with E-state index in [0.717, 1.165) is 24.1 Å². The van der Waals surface area contributed by atoms with E-state index in [9.17, 15) is 9.59 Å². The smallest absolute Gasteiger partial charge is 0.311 e. The first-order valence-electron chi connectivity index (χ1n) is 9.67. The average Bonchev–Trinajstić information content (AvgIpc) is 2.66. The van der Waals surface area contributed by atoms with Crippen molar-refractivity contribution in [1.82, 2.24) is 9.78 Å². The molecule has 5 nitrogen and oxygen atoms in total. The van der Waals surface area contributed by atoms with Gasteiger partial charge in [-0.25, -0.2) is 4.68 Å². The van der Waals surface area contributed by atoms with Gasteiger partial charge >= 0.3 is 5.97 Å². The van der Waals surface area contributed by atoms with Crippen LogP contribution >= 0.6 is 0 Å². The van der Waals surface area contributed by atoms with E-state index in [0.29, 0.717) is 29.0 Å².